The molecule has 3 rings (SSSR count). The molecule has 0 bridgehead atoms. The van der Waals surface area contributed by atoms with Crippen LogP contribution in [-0.4, -0.2) is 42.3 Å². The molecule has 0 saturated carbocycles. The molecule has 1 saturated heterocycles. The van der Waals surface area contributed by atoms with Crippen molar-refractivity contribution >= 4 is 12.1 Å². The van der Waals surface area contributed by atoms with Crippen LogP contribution in [-0.2, 0) is 27.1 Å². The van der Waals surface area contributed by atoms with Crippen molar-refractivity contribution in [1.29, 1.82) is 0 Å². The fourth-order valence-electron chi connectivity index (χ4n) is 3.27. The zero-order valence-electron chi connectivity index (χ0n) is 16.8. The molecular formula is C22H22F3NO5. The van der Waals surface area contributed by atoms with Gasteiger partial charge in [0.05, 0.1) is 18.2 Å². The number of esters is 1. The maximum atomic E-state index is 12.7. The van der Waals surface area contributed by atoms with Crippen LogP contribution in [0.15, 0.2) is 54.6 Å². The first kappa shape index (κ1) is 22.5. The summed E-state index contributed by atoms with van der Waals surface area (Å²) >= 11 is 0. The lowest BCUT2D eigenvalue weighted by Crippen LogP contribution is -2.39. The van der Waals surface area contributed by atoms with E-state index in [-0.39, 0.29) is 25.5 Å². The van der Waals surface area contributed by atoms with Crippen LogP contribution in [0.5, 0.6) is 5.75 Å². The van der Waals surface area contributed by atoms with Crippen LogP contribution >= 0.6 is 0 Å². The van der Waals surface area contributed by atoms with Gasteiger partial charge in [0.2, 0.25) is 0 Å². The van der Waals surface area contributed by atoms with Crippen molar-refractivity contribution in [3.63, 3.8) is 0 Å². The summed E-state index contributed by atoms with van der Waals surface area (Å²) in [5, 5.41) is 0. The summed E-state index contributed by atoms with van der Waals surface area (Å²) in [7, 11) is 0. The van der Waals surface area contributed by atoms with Crippen LogP contribution in [0.4, 0.5) is 18.0 Å². The van der Waals surface area contributed by atoms with E-state index in [0.717, 1.165) is 17.7 Å². The summed E-state index contributed by atoms with van der Waals surface area (Å²) in [6.45, 7) is 1.48. The van der Waals surface area contributed by atoms with Crippen LogP contribution < -0.4 is 4.74 Å². The molecule has 1 heterocycles. The molecule has 0 aromatic heterocycles. The maximum absolute atomic E-state index is 12.7. The zero-order chi connectivity index (χ0) is 22.4. The molecule has 6 nitrogen and oxygen atoms in total. The first-order chi connectivity index (χ1) is 14.7. The molecule has 2 aromatic rings. The second-order valence-corrected chi connectivity index (χ2v) is 7.15. The number of carbonyl (C=O) groups excluding carboxylic acids is 2. The van der Waals surface area contributed by atoms with E-state index in [1.807, 2.05) is 30.3 Å². The van der Waals surface area contributed by atoms with Crippen LogP contribution in [0.3, 0.4) is 0 Å². The predicted molar refractivity (Wildman–Crippen MR) is 104 cm³/mol. The van der Waals surface area contributed by atoms with Gasteiger partial charge in [-0.15, -0.1) is 0 Å². The molecule has 0 unspecified atom stereocenters. The summed E-state index contributed by atoms with van der Waals surface area (Å²) < 4.78 is 54.3. The number of hydrogen-bond donors (Lipinski definition) is 0. The molecule has 1 fully saturated rings. The van der Waals surface area contributed by atoms with Gasteiger partial charge in [0.1, 0.15) is 25.1 Å². The number of hydrogen-bond acceptors (Lipinski definition) is 5. The highest BCUT2D eigenvalue weighted by molar-refractivity contribution is 5.69. The van der Waals surface area contributed by atoms with Gasteiger partial charge in [-0.2, -0.15) is 13.2 Å². The molecule has 0 spiro atoms. The van der Waals surface area contributed by atoms with Crippen LogP contribution in [0.1, 0.15) is 24.5 Å². The minimum atomic E-state index is -4.43. The standard InChI is InChI=1S/C22H22F3NO5/c1-15(27)29-14-18-11-20(31-19-9-7-17(8-10-19)22(23,24)25)12-26(18)21(28)30-13-16-5-3-2-4-6-16/h2-10,18,20H,11-14H2,1H3/t18-,20+/m0/s1. The molecule has 9 heteroatoms. The molecule has 2 aromatic carbocycles. The van der Waals surface area contributed by atoms with Gasteiger partial charge in [0, 0.05) is 13.3 Å². The Balaban J connectivity index is 1.63. The highest BCUT2D eigenvalue weighted by atomic mass is 19.4. The SMILES string of the molecule is CC(=O)OC[C@@H]1C[C@@H](Oc2ccc(C(F)(F)F)cc2)CN1C(=O)OCc1ccccc1. The molecule has 1 amide bonds. The number of halogens is 3. The van der Waals surface area contributed by atoms with E-state index >= 15 is 0 Å². The van der Waals surface area contributed by atoms with Gasteiger partial charge in [-0.1, -0.05) is 30.3 Å². The number of alkyl halides is 3. The first-order valence-corrected chi connectivity index (χ1v) is 9.67. The summed E-state index contributed by atoms with van der Waals surface area (Å²) in [5.41, 5.74) is 0.0502. The number of amides is 1. The molecule has 2 atom stereocenters. The predicted octanol–water partition coefficient (Wildman–Crippen LogP) is 4.43. The van der Waals surface area contributed by atoms with Gasteiger partial charge in [-0.25, -0.2) is 4.79 Å². The van der Waals surface area contributed by atoms with Gasteiger partial charge in [0.25, 0.3) is 0 Å². The van der Waals surface area contributed by atoms with Crippen molar-refractivity contribution in [2.75, 3.05) is 13.2 Å². The van der Waals surface area contributed by atoms with Crippen molar-refractivity contribution < 1.29 is 37.0 Å². The number of rotatable bonds is 6. The summed E-state index contributed by atoms with van der Waals surface area (Å²) in [6, 6.07) is 13.0. The lowest BCUT2D eigenvalue weighted by Gasteiger charge is -2.23. The lowest BCUT2D eigenvalue weighted by atomic mass is 10.2. The Morgan fingerprint density at radius 1 is 1.03 bits per heavy atom. The molecule has 31 heavy (non-hydrogen) atoms. The average molecular weight is 437 g/mol. The Bertz CT molecular complexity index is 886. The van der Waals surface area contributed by atoms with Crippen molar-refractivity contribution in [3.8, 4) is 5.75 Å². The Kier molecular flexibility index (Phi) is 7.04. The first-order valence-electron chi connectivity index (χ1n) is 9.67. The Morgan fingerprint density at radius 3 is 2.32 bits per heavy atom. The lowest BCUT2D eigenvalue weighted by molar-refractivity contribution is -0.142. The number of likely N-dealkylation sites (tertiary alicyclic amines) is 1. The van der Waals surface area contributed by atoms with E-state index in [1.165, 1.54) is 24.0 Å². The van der Waals surface area contributed by atoms with E-state index < -0.39 is 35.9 Å². The number of ether oxygens (including phenoxy) is 3. The number of nitrogens with zero attached hydrogens (tertiary/aromatic N) is 1. The summed E-state index contributed by atoms with van der Waals surface area (Å²) in [4.78, 5) is 25.2. The van der Waals surface area contributed by atoms with Gasteiger partial charge < -0.3 is 14.2 Å². The van der Waals surface area contributed by atoms with Crippen LogP contribution in [0.25, 0.3) is 0 Å². The van der Waals surface area contributed by atoms with Crippen LogP contribution in [0, 0.1) is 0 Å². The minimum absolute atomic E-state index is 0.0252. The van der Waals surface area contributed by atoms with Gasteiger partial charge >= 0.3 is 18.2 Å². The normalized spacial score (nSPS) is 18.5. The monoisotopic (exact) mass is 437 g/mol. The third kappa shape index (κ3) is 6.37. The quantitative estimate of drug-likeness (QED) is 0.626. The van der Waals surface area contributed by atoms with E-state index in [1.54, 1.807) is 0 Å². The molecule has 1 aliphatic rings. The van der Waals surface area contributed by atoms with Gasteiger partial charge in [0.15, 0.2) is 0 Å². The second-order valence-electron chi connectivity index (χ2n) is 7.15. The fourth-order valence-corrected chi connectivity index (χ4v) is 3.27. The highest BCUT2D eigenvalue weighted by Gasteiger charge is 2.38. The van der Waals surface area contributed by atoms with E-state index in [4.69, 9.17) is 14.2 Å². The average Bonchev–Trinajstić information content (AvgIpc) is 3.13. The second kappa shape index (κ2) is 9.72. The Hall–Kier alpha value is -3.23. The van der Waals surface area contributed by atoms with E-state index in [2.05, 4.69) is 0 Å². The molecule has 0 N–H and O–H groups in total. The van der Waals surface area contributed by atoms with Crippen LogP contribution in [0.2, 0.25) is 0 Å². The Labute approximate surface area is 177 Å². The van der Waals surface area contributed by atoms with Crippen molar-refractivity contribution in [2.45, 2.75) is 38.3 Å². The molecule has 1 aliphatic heterocycles. The highest BCUT2D eigenvalue weighted by Crippen LogP contribution is 2.31. The molecule has 0 radical (unpaired) electrons. The smallest absolute Gasteiger partial charge is 0.416 e. The topological polar surface area (TPSA) is 65.1 Å². The van der Waals surface area contributed by atoms with Gasteiger partial charge in [-0.05, 0) is 29.8 Å². The summed E-state index contributed by atoms with van der Waals surface area (Å²) in [5.74, 6) is -0.228. The third-order valence-electron chi connectivity index (χ3n) is 4.78. The third-order valence-corrected chi connectivity index (χ3v) is 4.78. The molecule has 166 valence electrons. The number of carbonyl (C=O) groups is 2. The Morgan fingerprint density at radius 2 is 1.71 bits per heavy atom. The van der Waals surface area contributed by atoms with Crippen molar-refractivity contribution in [1.82, 2.24) is 4.90 Å². The van der Waals surface area contributed by atoms with Crippen molar-refractivity contribution in [3.05, 3.63) is 65.7 Å². The molecular weight excluding hydrogens is 415 g/mol. The summed E-state index contributed by atoms with van der Waals surface area (Å²) in [6.07, 6.45) is -5.16. The molecule has 0 aliphatic carbocycles. The largest absolute Gasteiger partial charge is 0.489 e. The number of benzene rings is 2. The fraction of sp³-hybridized carbons (Fsp3) is 0.364. The van der Waals surface area contributed by atoms with Gasteiger partial charge in [-0.3, -0.25) is 9.69 Å². The minimum Gasteiger partial charge on any atom is -0.489 e. The van der Waals surface area contributed by atoms with E-state index in [9.17, 15) is 22.8 Å². The van der Waals surface area contributed by atoms with Crippen molar-refractivity contribution in [2.24, 2.45) is 0 Å². The maximum Gasteiger partial charge on any atom is 0.416 e. The van der Waals surface area contributed by atoms with E-state index in [0.29, 0.717) is 6.42 Å². The zero-order valence-corrected chi connectivity index (χ0v) is 16.8.